The fourth-order valence-electron chi connectivity index (χ4n) is 2.14. The van der Waals surface area contributed by atoms with Crippen LogP contribution in [0, 0.1) is 17.0 Å². The highest BCUT2D eigenvalue weighted by atomic mass is 16.6. The molecule has 7 nitrogen and oxygen atoms in total. The third-order valence-electron chi connectivity index (χ3n) is 3.05. The lowest BCUT2D eigenvalue weighted by atomic mass is 10.1. The topological polar surface area (TPSA) is 101 Å². The number of aryl methyl sites for hydroxylation is 1. The summed E-state index contributed by atoms with van der Waals surface area (Å²) in [5, 5.41) is 13.5. The van der Waals surface area contributed by atoms with Crippen LogP contribution in [0.1, 0.15) is 17.1 Å². The van der Waals surface area contributed by atoms with Gasteiger partial charge in [-0.25, -0.2) is 9.97 Å². The maximum atomic E-state index is 11.9. The Morgan fingerprint density at radius 2 is 2.10 bits per heavy atom. The lowest BCUT2D eigenvalue weighted by molar-refractivity contribution is -0.389. The Bertz CT molecular complexity index is 761. The number of H-pyrrole nitrogens is 1. The summed E-state index contributed by atoms with van der Waals surface area (Å²) in [6.45, 7) is 1.54. The number of nitro groups is 1. The SMILES string of the molecule is Cc1nc(C=C2C(=O)Nc3ccccc32)[nH]c1[N+](=O)[O-]. The Morgan fingerprint density at radius 3 is 2.80 bits per heavy atom. The molecule has 0 aliphatic carbocycles. The first kappa shape index (κ1) is 12.1. The van der Waals surface area contributed by atoms with Gasteiger partial charge >= 0.3 is 5.82 Å². The van der Waals surface area contributed by atoms with Crippen molar-refractivity contribution in [1.29, 1.82) is 0 Å². The lowest BCUT2D eigenvalue weighted by Crippen LogP contribution is -2.03. The van der Waals surface area contributed by atoms with Gasteiger partial charge in [-0.1, -0.05) is 18.2 Å². The monoisotopic (exact) mass is 270 g/mol. The van der Waals surface area contributed by atoms with E-state index < -0.39 is 4.92 Å². The van der Waals surface area contributed by atoms with Gasteiger partial charge in [0.2, 0.25) is 5.82 Å². The zero-order valence-electron chi connectivity index (χ0n) is 10.5. The third kappa shape index (κ3) is 1.85. The van der Waals surface area contributed by atoms with Crippen molar-refractivity contribution in [3.05, 3.63) is 51.5 Å². The van der Waals surface area contributed by atoms with Crippen LogP contribution < -0.4 is 5.32 Å². The number of nitrogens with zero attached hydrogens (tertiary/aromatic N) is 2. The second-order valence-corrected chi connectivity index (χ2v) is 4.37. The van der Waals surface area contributed by atoms with E-state index in [4.69, 9.17) is 0 Å². The van der Waals surface area contributed by atoms with Gasteiger partial charge in [0.25, 0.3) is 5.91 Å². The van der Waals surface area contributed by atoms with Crippen LogP contribution in [0.5, 0.6) is 0 Å². The minimum atomic E-state index is -0.535. The third-order valence-corrected chi connectivity index (χ3v) is 3.05. The highest BCUT2D eigenvalue weighted by Gasteiger charge is 2.25. The molecule has 20 heavy (non-hydrogen) atoms. The molecule has 0 atom stereocenters. The van der Waals surface area contributed by atoms with Gasteiger partial charge < -0.3 is 15.4 Å². The summed E-state index contributed by atoms with van der Waals surface area (Å²) in [5.74, 6) is -0.123. The van der Waals surface area contributed by atoms with Crippen molar-refractivity contribution < 1.29 is 9.72 Å². The zero-order chi connectivity index (χ0) is 14.3. The molecule has 3 rings (SSSR count). The van der Waals surface area contributed by atoms with Crippen LogP contribution in [-0.4, -0.2) is 20.8 Å². The van der Waals surface area contributed by atoms with Gasteiger partial charge in [0.15, 0.2) is 0 Å². The molecule has 0 spiro atoms. The molecular formula is C13H10N4O3. The molecule has 2 N–H and O–H groups in total. The summed E-state index contributed by atoms with van der Waals surface area (Å²) in [5.41, 5.74) is 2.20. The predicted octanol–water partition coefficient (Wildman–Crippen LogP) is 2.12. The molecule has 0 saturated carbocycles. The van der Waals surface area contributed by atoms with E-state index in [1.165, 1.54) is 6.08 Å². The maximum Gasteiger partial charge on any atom is 0.343 e. The molecular weight excluding hydrogens is 260 g/mol. The standard InChI is InChI=1S/C13H10N4O3/c1-7-12(17(19)20)16-11(14-7)6-9-8-4-2-3-5-10(8)15-13(9)18/h2-6H,1H3,(H,14,16)(H,15,18). The summed E-state index contributed by atoms with van der Waals surface area (Å²) in [7, 11) is 0. The molecule has 2 heterocycles. The van der Waals surface area contributed by atoms with E-state index in [1.807, 2.05) is 18.2 Å². The molecule has 0 bridgehead atoms. The van der Waals surface area contributed by atoms with Crippen LogP contribution in [0.25, 0.3) is 11.6 Å². The normalized spacial score (nSPS) is 15.2. The molecule has 0 saturated heterocycles. The molecule has 1 amide bonds. The summed E-state index contributed by atoms with van der Waals surface area (Å²) in [6, 6.07) is 7.25. The zero-order valence-corrected chi connectivity index (χ0v) is 10.5. The van der Waals surface area contributed by atoms with Gasteiger partial charge in [0, 0.05) is 17.3 Å². The van der Waals surface area contributed by atoms with E-state index in [2.05, 4.69) is 15.3 Å². The highest BCUT2D eigenvalue weighted by molar-refractivity contribution is 6.34. The first-order chi connectivity index (χ1) is 9.56. The van der Waals surface area contributed by atoms with Crippen molar-refractivity contribution in [3.8, 4) is 0 Å². The number of hydrogen-bond acceptors (Lipinski definition) is 4. The van der Waals surface area contributed by atoms with Crippen LogP contribution in [0.4, 0.5) is 11.5 Å². The largest absolute Gasteiger partial charge is 0.358 e. The Balaban J connectivity index is 2.07. The minimum absolute atomic E-state index is 0.163. The Kier molecular flexibility index (Phi) is 2.60. The maximum absolute atomic E-state index is 11.9. The van der Waals surface area contributed by atoms with E-state index in [0.717, 1.165) is 11.3 Å². The van der Waals surface area contributed by atoms with Crippen LogP contribution >= 0.6 is 0 Å². The number of fused-ring (bicyclic) bond motifs is 1. The van der Waals surface area contributed by atoms with Crippen LogP contribution in [0.2, 0.25) is 0 Å². The lowest BCUT2D eigenvalue weighted by Gasteiger charge is -1.94. The number of amides is 1. The predicted molar refractivity (Wildman–Crippen MR) is 72.9 cm³/mol. The number of rotatable bonds is 2. The van der Waals surface area contributed by atoms with Gasteiger partial charge in [0.1, 0.15) is 5.69 Å². The van der Waals surface area contributed by atoms with Gasteiger partial charge in [-0.3, -0.25) is 4.79 Å². The smallest absolute Gasteiger partial charge is 0.343 e. The van der Waals surface area contributed by atoms with Crippen molar-refractivity contribution in [2.45, 2.75) is 6.92 Å². The molecule has 1 aromatic heterocycles. The molecule has 1 aliphatic rings. The number of hydrogen-bond donors (Lipinski definition) is 2. The van der Waals surface area contributed by atoms with Gasteiger partial charge in [-0.05, 0) is 17.9 Å². The highest BCUT2D eigenvalue weighted by Crippen LogP contribution is 2.32. The second-order valence-electron chi connectivity index (χ2n) is 4.37. The molecule has 1 aliphatic heterocycles. The first-order valence-corrected chi connectivity index (χ1v) is 5.89. The van der Waals surface area contributed by atoms with Gasteiger partial charge in [0.05, 0.1) is 5.57 Å². The molecule has 0 fully saturated rings. The molecule has 7 heteroatoms. The number of para-hydroxylation sites is 1. The molecule has 0 radical (unpaired) electrons. The second kappa shape index (κ2) is 4.30. The van der Waals surface area contributed by atoms with Crippen molar-refractivity contribution in [3.63, 3.8) is 0 Å². The number of benzene rings is 1. The van der Waals surface area contributed by atoms with E-state index >= 15 is 0 Å². The van der Waals surface area contributed by atoms with E-state index in [0.29, 0.717) is 5.57 Å². The quantitative estimate of drug-likeness (QED) is 0.495. The van der Waals surface area contributed by atoms with Crippen LogP contribution in [-0.2, 0) is 4.79 Å². The Morgan fingerprint density at radius 1 is 1.35 bits per heavy atom. The first-order valence-electron chi connectivity index (χ1n) is 5.89. The van der Waals surface area contributed by atoms with E-state index in [1.54, 1.807) is 13.0 Å². The van der Waals surface area contributed by atoms with Crippen LogP contribution in [0.3, 0.4) is 0 Å². The average Bonchev–Trinajstić information content (AvgIpc) is 2.92. The van der Waals surface area contributed by atoms with Crippen molar-refractivity contribution in [2.75, 3.05) is 5.32 Å². The van der Waals surface area contributed by atoms with Crippen LogP contribution in [0.15, 0.2) is 24.3 Å². The fraction of sp³-hybridized carbons (Fsp3) is 0.0769. The van der Waals surface area contributed by atoms with E-state index in [9.17, 15) is 14.9 Å². The molecule has 100 valence electrons. The summed E-state index contributed by atoms with van der Waals surface area (Å²) in [6.07, 6.45) is 1.52. The number of aromatic amines is 1. The van der Waals surface area contributed by atoms with Crippen molar-refractivity contribution in [1.82, 2.24) is 9.97 Å². The van der Waals surface area contributed by atoms with E-state index in [-0.39, 0.29) is 23.2 Å². The molecule has 0 unspecified atom stereocenters. The fourth-order valence-corrected chi connectivity index (χ4v) is 2.14. The van der Waals surface area contributed by atoms with Gasteiger partial charge in [-0.2, -0.15) is 0 Å². The number of carbonyl (C=O) groups excluding carboxylic acids is 1. The van der Waals surface area contributed by atoms with Crippen molar-refractivity contribution >= 4 is 29.1 Å². The minimum Gasteiger partial charge on any atom is -0.358 e. The summed E-state index contributed by atoms with van der Waals surface area (Å²) >= 11 is 0. The Hall–Kier alpha value is -2.96. The van der Waals surface area contributed by atoms with Gasteiger partial charge in [-0.15, -0.1) is 0 Å². The number of imidazole rings is 1. The number of nitrogens with one attached hydrogen (secondary N) is 2. The average molecular weight is 270 g/mol. The number of aromatic nitrogens is 2. The molecule has 1 aromatic carbocycles. The summed E-state index contributed by atoms with van der Waals surface area (Å²) in [4.78, 5) is 28.8. The number of carbonyl (C=O) groups is 1. The van der Waals surface area contributed by atoms with Crippen molar-refractivity contribution in [2.24, 2.45) is 0 Å². The number of anilines is 1. The molecule has 2 aromatic rings. The Labute approximate surface area is 113 Å². The summed E-state index contributed by atoms with van der Waals surface area (Å²) < 4.78 is 0.